The lowest BCUT2D eigenvalue weighted by molar-refractivity contribution is 1.01. The van der Waals surface area contributed by atoms with Gasteiger partial charge in [-0.3, -0.25) is 4.57 Å². The minimum atomic E-state index is 0.995. The van der Waals surface area contributed by atoms with Gasteiger partial charge in [0.25, 0.3) is 0 Å². The average molecular weight is 582 g/mol. The summed E-state index contributed by atoms with van der Waals surface area (Å²) in [7, 11) is 0. The molecular weight excluding hydrogens is 555 g/mol. The van der Waals surface area contributed by atoms with E-state index in [1.54, 1.807) is 0 Å². The molecule has 0 saturated carbocycles. The third kappa shape index (κ3) is 4.03. The van der Waals surface area contributed by atoms with E-state index >= 15 is 0 Å². The first-order valence-electron chi connectivity index (χ1n) is 15.1. The molecule has 1 aliphatic carbocycles. The molecule has 3 aromatic heterocycles. The lowest BCUT2D eigenvalue weighted by atomic mass is 10.00. The third-order valence-electron chi connectivity index (χ3n) is 8.65. The number of hydrogen-bond acceptors (Lipinski definition) is 3. The first-order valence-corrected chi connectivity index (χ1v) is 15.9. The quantitative estimate of drug-likeness (QED) is 0.207. The normalized spacial score (nSPS) is 13.3. The number of aromatic nitrogens is 3. The molecule has 1 aliphatic rings. The van der Waals surface area contributed by atoms with Crippen LogP contribution in [0.3, 0.4) is 0 Å². The molecule has 0 amide bonds. The Morgan fingerprint density at radius 2 is 1.27 bits per heavy atom. The summed E-state index contributed by atoms with van der Waals surface area (Å²) in [5.41, 5.74) is 10.0. The fourth-order valence-corrected chi connectivity index (χ4v) is 7.74. The highest BCUT2D eigenvalue weighted by Gasteiger charge is 2.17. The molecule has 0 bridgehead atoms. The van der Waals surface area contributed by atoms with Gasteiger partial charge in [-0.1, -0.05) is 103 Å². The van der Waals surface area contributed by atoms with E-state index in [1.165, 1.54) is 42.3 Å². The number of fused-ring (bicyclic) bond motifs is 6. The highest BCUT2D eigenvalue weighted by Crippen LogP contribution is 2.43. The largest absolute Gasteiger partial charge is 0.292 e. The van der Waals surface area contributed by atoms with E-state index in [0.29, 0.717) is 0 Å². The number of imidazole rings is 1. The summed E-state index contributed by atoms with van der Waals surface area (Å²) < 4.78 is 4.82. The van der Waals surface area contributed by atoms with Gasteiger partial charge < -0.3 is 0 Å². The van der Waals surface area contributed by atoms with Crippen molar-refractivity contribution < 1.29 is 0 Å². The molecule has 0 spiro atoms. The number of allylic oxidation sites excluding steroid dienone is 4. The topological polar surface area (TPSA) is 30.7 Å². The summed E-state index contributed by atoms with van der Waals surface area (Å²) in [5.74, 6) is 0.995. The molecular formula is C40H27N3S. The zero-order chi connectivity index (χ0) is 29.0. The van der Waals surface area contributed by atoms with Crippen molar-refractivity contribution in [3.63, 3.8) is 0 Å². The molecule has 0 unspecified atom stereocenters. The monoisotopic (exact) mass is 581 g/mol. The number of benzene rings is 5. The number of rotatable bonds is 4. The van der Waals surface area contributed by atoms with Crippen molar-refractivity contribution in [1.29, 1.82) is 0 Å². The van der Waals surface area contributed by atoms with E-state index in [1.807, 2.05) is 11.3 Å². The highest BCUT2D eigenvalue weighted by atomic mass is 32.1. The van der Waals surface area contributed by atoms with Gasteiger partial charge in [-0.05, 0) is 60.4 Å². The van der Waals surface area contributed by atoms with Crippen LogP contribution in [0.5, 0.6) is 0 Å². The summed E-state index contributed by atoms with van der Waals surface area (Å²) in [6, 6.07) is 43.3. The molecule has 3 heterocycles. The van der Waals surface area contributed by atoms with Crippen LogP contribution in [0.2, 0.25) is 0 Å². The lowest BCUT2D eigenvalue weighted by Crippen LogP contribution is -2.01. The number of thiophene rings is 1. The van der Waals surface area contributed by atoms with E-state index in [9.17, 15) is 0 Å². The molecule has 0 atom stereocenters. The van der Waals surface area contributed by atoms with E-state index in [4.69, 9.17) is 9.97 Å². The minimum Gasteiger partial charge on any atom is -0.292 e. The van der Waals surface area contributed by atoms with Gasteiger partial charge in [-0.2, -0.15) is 0 Å². The molecule has 4 heteroatoms. The maximum atomic E-state index is 5.18. The van der Waals surface area contributed by atoms with Crippen molar-refractivity contribution in [2.75, 3.05) is 0 Å². The molecule has 0 aliphatic heterocycles. The zero-order valence-corrected chi connectivity index (χ0v) is 24.8. The summed E-state index contributed by atoms with van der Waals surface area (Å²) >= 11 is 1.83. The van der Waals surface area contributed by atoms with E-state index in [-0.39, 0.29) is 0 Å². The summed E-state index contributed by atoms with van der Waals surface area (Å²) in [5, 5.41) is 3.82. The first-order chi connectivity index (χ1) is 21.8. The number of nitrogens with zero attached hydrogens (tertiary/aromatic N) is 3. The Kier molecular flexibility index (Phi) is 5.81. The fraction of sp³-hybridized carbons (Fsp3) is 0.0500. The molecule has 44 heavy (non-hydrogen) atoms. The molecule has 0 saturated heterocycles. The Morgan fingerprint density at radius 3 is 2.07 bits per heavy atom. The van der Waals surface area contributed by atoms with Gasteiger partial charge in [0, 0.05) is 37.7 Å². The van der Waals surface area contributed by atoms with Crippen LogP contribution in [0.15, 0.2) is 140 Å². The smallest absolute Gasteiger partial charge is 0.145 e. The molecule has 0 fully saturated rings. The second-order valence-electron chi connectivity index (χ2n) is 11.3. The van der Waals surface area contributed by atoms with Gasteiger partial charge in [0.15, 0.2) is 0 Å². The van der Waals surface area contributed by atoms with E-state index in [0.717, 1.165) is 52.2 Å². The summed E-state index contributed by atoms with van der Waals surface area (Å²) in [4.78, 5) is 10.2. The van der Waals surface area contributed by atoms with Crippen LogP contribution in [0, 0.1) is 0 Å². The first kappa shape index (κ1) is 25.2. The highest BCUT2D eigenvalue weighted by molar-refractivity contribution is 7.26. The minimum absolute atomic E-state index is 0.995. The Hall–Kier alpha value is -5.32. The average Bonchev–Trinajstić information content (AvgIpc) is 3.68. The Bertz CT molecular complexity index is 2420. The molecule has 208 valence electrons. The van der Waals surface area contributed by atoms with Crippen molar-refractivity contribution in [2.45, 2.75) is 12.8 Å². The van der Waals surface area contributed by atoms with Crippen molar-refractivity contribution >= 4 is 59.0 Å². The van der Waals surface area contributed by atoms with Gasteiger partial charge in [0.2, 0.25) is 0 Å². The molecule has 0 radical (unpaired) electrons. The maximum Gasteiger partial charge on any atom is 0.145 e. The predicted octanol–water partition coefficient (Wildman–Crippen LogP) is 11.0. The van der Waals surface area contributed by atoms with Gasteiger partial charge >= 0.3 is 0 Å². The van der Waals surface area contributed by atoms with Gasteiger partial charge in [0.05, 0.1) is 26.9 Å². The maximum absolute atomic E-state index is 5.18. The van der Waals surface area contributed by atoms with Gasteiger partial charge in [0.1, 0.15) is 5.82 Å². The Balaban J connectivity index is 1.11. The Morgan fingerprint density at radius 1 is 0.591 bits per heavy atom. The fourth-order valence-electron chi connectivity index (χ4n) is 6.51. The summed E-state index contributed by atoms with van der Waals surface area (Å²) in [6.45, 7) is 0. The van der Waals surface area contributed by atoms with Gasteiger partial charge in [-0.25, -0.2) is 9.97 Å². The second-order valence-corrected chi connectivity index (χ2v) is 12.4. The molecule has 9 rings (SSSR count). The molecule has 0 N–H and O–H groups in total. The van der Waals surface area contributed by atoms with Gasteiger partial charge in [-0.15, -0.1) is 11.3 Å². The standard InChI is InChI=1S/C40H27N3S/c1-2-10-29(11-3-1)40-42-34-15-7-8-16-35(34)43(40)30-24-22-27(23-25-30)26-18-20-28(21-19-26)38-39-37(31-12-4-6-14-33(31)41-38)32-13-5-9-17-36(32)44-39/h2,4-25H,1,3H2. The summed E-state index contributed by atoms with van der Waals surface area (Å²) in [6.07, 6.45) is 8.87. The van der Waals surface area contributed by atoms with Crippen LogP contribution < -0.4 is 0 Å². The van der Waals surface area contributed by atoms with Crippen molar-refractivity contribution in [3.8, 4) is 28.1 Å². The zero-order valence-electron chi connectivity index (χ0n) is 23.9. The molecule has 5 aromatic carbocycles. The number of hydrogen-bond donors (Lipinski definition) is 0. The van der Waals surface area contributed by atoms with E-state index in [2.05, 4.69) is 144 Å². The van der Waals surface area contributed by atoms with Crippen molar-refractivity contribution in [1.82, 2.24) is 14.5 Å². The predicted molar refractivity (Wildman–Crippen MR) is 186 cm³/mol. The van der Waals surface area contributed by atoms with Crippen LogP contribution in [-0.4, -0.2) is 14.5 Å². The van der Waals surface area contributed by atoms with Crippen LogP contribution in [0.1, 0.15) is 18.7 Å². The van der Waals surface area contributed by atoms with Crippen LogP contribution in [0.4, 0.5) is 0 Å². The van der Waals surface area contributed by atoms with Crippen LogP contribution in [0.25, 0.3) is 75.8 Å². The molecule has 3 nitrogen and oxygen atoms in total. The van der Waals surface area contributed by atoms with E-state index < -0.39 is 0 Å². The SMILES string of the molecule is C1=CC(c2nc3ccccc3n2-c2ccc(-c3ccc(-c4nc5ccccc5c5c4sc4ccccc45)cc3)cc2)=CCC1. The third-order valence-corrected chi connectivity index (χ3v) is 9.82. The lowest BCUT2D eigenvalue weighted by Gasteiger charge is -2.13. The second kappa shape index (κ2) is 10.1. The number of pyridine rings is 1. The van der Waals surface area contributed by atoms with Crippen LogP contribution in [-0.2, 0) is 0 Å². The molecule has 8 aromatic rings. The Labute approximate surface area is 259 Å². The van der Waals surface area contributed by atoms with Crippen molar-refractivity contribution in [3.05, 3.63) is 145 Å². The number of para-hydroxylation sites is 3. The van der Waals surface area contributed by atoms with Crippen molar-refractivity contribution in [2.24, 2.45) is 0 Å². The van der Waals surface area contributed by atoms with Crippen LogP contribution >= 0.6 is 11.3 Å².